The van der Waals surface area contributed by atoms with E-state index in [1.165, 1.54) is 5.57 Å². The lowest BCUT2D eigenvalue weighted by atomic mass is 10.3. The minimum absolute atomic E-state index is 1.18. The molecule has 1 heteroatoms. The highest BCUT2D eigenvalue weighted by molar-refractivity contribution is 5.54. The van der Waals surface area contributed by atoms with Crippen LogP contribution in [0.4, 0.5) is 0 Å². The van der Waals surface area contributed by atoms with Gasteiger partial charge in [-0.2, -0.15) is 0 Å². The van der Waals surface area contributed by atoms with E-state index in [0.29, 0.717) is 0 Å². The molecule has 0 rings (SSSR count). The van der Waals surface area contributed by atoms with E-state index in [9.17, 15) is 0 Å². The zero-order valence-corrected chi connectivity index (χ0v) is 6.26. The zero-order valence-electron chi connectivity index (χ0n) is 6.26. The molecule has 50 valence electrons. The summed E-state index contributed by atoms with van der Waals surface area (Å²) in [5, 5.41) is 0. The van der Waals surface area contributed by atoms with Crippen LogP contribution >= 0.6 is 0 Å². The van der Waals surface area contributed by atoms with Crippen molar-refractivity contribution in [2.24, 2.45) is 4.99 Å². The third-order valence-electron chi connectivity index (χ3n) is 0.857. The standard InChI is InChI=1S/C8H13N/c1-4-6-8(3)7-9-5-2/h4-7H,1-3H3/b6-4-,8-7-,9-5-. The molecule has 0 unspecified atom stereocenters. The van der Waals surface area contributed by atoms with Crippen molar-refractivity contribution in [3.05, 3.63) is 23.9 Å². The van der Waals surface area contributed by atoms with Gasteiger partial charge in [-0.25, -0.2) is 0 Å². The smallest absolute Gasteiger partial charge is 0.0292 e. The predicted molar refractivity (Wildman–Crippen MR) is 42.7 cm³/mol. The summed E-state index contributed by atoms with van der Waals surface area (Å²) >= 11 is 0. The van der Waals surface area contributed by atoms with Crippen LogP contribution in [-0.4, -0.2) is 6.21 Å². The first-order valence-corrected chi connectivity index (χ1v) is 3.08. The van der Waals surface area contributed by atoms with Gasteiger partial charge < -0.3 is 0 Å². The average molecular weight is 123 g/mol. The van der Waals surface area contributed by atoms with Crippen molar-refractivity contribution < 1.29 is 0 Å². The SMILES string of the molecule is C\C=C/C(C)=C\N=C/C. The molecule has 0 aromatic heterocycles. The Bertz CT molecular complexity index is 141. The maximum atomic E-state index is 3.95. The van der Waals surface area contributed by atoms with Gasteiger partial charge in [-0.05, 0) is 26.3 Å². The number of allylic oxidation sites excluding steroid dienone is 3. The third kappa shape index (κ3) is 5.01. The predicted octanol–water partition coefficient (Wildman–Crippen LogP) is 2.56. The second-order valence-electron chi connectivity index (χ2n) is 1.78. The lowest BCUT2D eigenvalue weighted by Gasteiger charge is -1.83. The zero-order chi connectivity index (χ0) is 7.11. The summed E-state index contributed by atoms with van der Waals surface area (Å²) in [5.74, 6) is 0. The number of nitrogens with zero attached hydrogens (tertiary/aromatic N) is 1. The monoisotopic (exact) mass is 123 g/mol. The third-order valence-corrected chi connectivity index (χ3v) is 0.857. The molecule has 0 heterocycles. The summed E-state index contributed by atoms with van der Waals surface area (Å²) in [5.41, 5.74) is 1.18. The fraction of sp³-hybridized carbons (Fsp3) is 0.375. The Kier molecular flexibility index (Phi) is 4.79. The summed E-state index contributed by atoms with van der Waals surface area (Å²) < 4.78 is 0. The summed E-state index contributed by atoms with van der Waals surface area (Å²) in [4.78, 5) is 3.95. The molecule has 0 bridgehead atoms. The Morgan fingerprint density at radius 1 is 1.33 bits per heavy atom. The molecule has 0 fully saturated rings. The number of hydrogen-bond acceptors (Lipinski definition) is 1. The van der Waals surface area contributed by atoms with Gasteiger partial charge in [0.1, 0.15) is 0 Å². The summed E-state index contributed by atoms with van der Waals surface area (Å²) in [6.07, 6.45) is 7.62. The molecule has 0 radical (unpaired) electrons. The van der Waals surface area contributed by atoms with Gasteiger partial charge in [0, 0.05) is 12.4 Å². The number of aliphatic imine (C=N–C) groups is 1. The van der Waals surface area contributed by atoms with Crippen molar-refractivity contribution in [1.82, 2.24) is 0 Å². The molecule has 0 aromatic rings. The van der Waals surface area contributed by atoms with Gasteiger partial charge in [0.2, 0.25) is 0 Å². The molecule has 0 aliphatic heterocycles. The molecular weight excluding hydrogens is 110 g/mol. The Morgan fingerprint density at radius 3 is 2.44 bits per heavy atom. The fourth-order valence-corrected chi connectivity index (χ4v) is 0.498. The van der Waals surface area contributed by atoms with E-state index in [2.05, 4.69) is 4.99 Å². The molecule has 0 spiro atoms. The largest absolute Gasteiger partial charge is 0.269 e. The van der Waals surface area contributed by atoms with E-state index >= 15 is 0 Å². The molecule has 0 amide bonds. The van der Waals surface area contributed by atoms with Gasteiger partial charge >= 0.3 is 0 Å². The Balaban J connectivity index is 3.84. The second-order valence-corrected chi connectivity index (χ2v) is 1.78. The lowest BCUT2D eigenvalue weighted by Crippen LogP contribution is -1.64. The van der Waals surface area contributed by atoms with Crippen molar-refractivity contribution in [1.29, 1.82) is 0 Å². The topological polar surface area (TPSA) is 12.4 Å². The van der Waals surface area contributed by atoms with Crippen molar-refractivity contribution in [2.75, 3.05) is 0 Å². The van der Waals surface area contributed by atoms with E-state index in [-0.39, 0.29) is 0 Å². The highest BCUT2D eigenvalue weighted by Gasteiger charge is 1.73. The molecule has 0 aromatic carbocycles. The number of hydrogen-bond donors (Lipinski definition) is 0. The van der Waals surface area contributed by atoms with Crippen molar-refractivity contribution in [2.45, 2.75) is 20.8 Å². The van der Waals surface area contributed by atoms with Crippen molar-refractivity contribution in [3.8, 4) is 0 Å². The van der Waals surface area contributed by atoms with E-state index in [1.54, 1.807) is 6.21 Å². The molecule has 0 atom stereocenters. The molecule has 0 aliphatic carbocycles. The molecular formula is C8H13N. The van der Waals surface area contributed by atoms with Gasteiger partial charge in [-0.1, -0.05) is 12.2 Å². The van der Waals surface area contributed by atoms with Gasteiger partial charge in [0.05, 0.1) is 0 Å². The first kappa shape index (κ1) is 8.15. The molecule has 0 saturated carbocycles. The minimum Gasteiger partial charge on any atom is -0.269 e. The maximum absolute atomic E-state index is 3.95. The van der Waals surface area contributed by atoms with Crippen molar-refractivity contribution >= 4 is 6.21 Å². The maximum Gasteiger partial charge on any atom is 0.0292 e. The highest BCUT2D eigenvalue weighted by Crippen LogP contribution is 1.93. The van der Waals surface area contributed by atoms with Crippen LogP contribution in [0.2, 0.25) is 0 Å². The molecule has 9 heavy (non-hydrogen) atoms. The lowest BCUT2D eigenvalue weighted by molar-refractivity contribution is 1.42. The van der Waals surface area contributed by atoms with Gasteiger partial charge in [-0.3, -0.25) is 4.99 Å². The van der Waals surface area contributed by atoms with Gasteiger partial charge in [0.25, 0.3) is 0 Å². The molecule has 0 N–H and O–H groups in total. The first-order valence-electron chi connectivity index (χ1n) is 3.08. The number of rotatable bonds is 2. The minimum atomic E-state index is 1.18. The van der Waals surface area contributed by atoms with Crippen LogP contribution in [0.25, 0.3) is 0 Å². The van der Waals surface area contributed by atoms with Crippen LogP contribution in [0.1, 0.15) is 20.8 Å². The van der Waals surface area contributed by atoms with Crippen LogP contribution in [-0.2, 0) is 0 Å². The Hall–Kier alpha value is -0.850. The summed E-state index contributed by atoms with van der Waals surface area (Å²) in [7, 11) is 0. The Morgan fingerprint density at radius 2 is 2.00 bits per heavy atom. The normalized spacial score (nSPS) is 13.9. The quantitative estimate of drug-likeness (QED) is 0.395. The average Bonchev–Trinajstić information content (AvgIpc) is 1.85. The van der Waals surface area contributed by atoms with E-state index in [4.69, 9.17) is 0 Å². The molecule has 0 saturated heterocycles. The fourth-order valence-electron chi connectivity index (χ4n) is 0.498. The van der Waals surface area contributed by atoms with Crippen LogP contribution in [0, 0.1) is 0 Å². The second kappa shape index (κ2) is 5.29. The first-order chi connectivity index (χ1) is 4.31. The summed E-state index contributed by atoms with van der Waals surface area (Å²) in [6, 6.07) is 0. The highest BCUT2D eigenvalue weighted by atomic mass is 14.7. The Labute approximate surface area is 56.8 Å². The van der Waals surface area contributed by atoms with Crippen LogP contribution in [0.5, 0.6) is 0 Å². The van der Waals surface area contributed by atoms with Crippen LogP contribution in [0.15, 0.2) is 28.9 Å². The van der Waals surface area contributed by atoms with E-state index in [1.807, 2.05) is 39.1 Å². The van der Waals surface area contributed by atoms with E-state index < -0.39 is 0 Å². The molecule has 1 nitrogen and oxygen atoms in total. The van der Waals surface area contributed by atoms with Crippen molar-refractivity contribution in [3.63, 3.8) is 0 Å². The molecule has 0 aliphatic rings. The van der Waals surface area contributed by atoms with Gasteiger partial charge in [-0.15, -0.1) is 0 Å². The van der Waals surface area contributed by atoms with Crippen LogP contribution in [0.3, 0.4) is 0 Å². The van der Waals surface area contributed by atoms with Gasteiger partial charge in [0.15, 0.2) is 0 Å². The summed E-state index contributed by atoms with van der Waals surface area (Å²) in [6.45, 7) is 5.92. The van der Waals surface area contributed by atoms with Crippen LogP contribution < -0.4 is 0 Å². The van der Waals surface area contributed by atoms with E-state index in [0.717, 1.165) is 0 Å².